The van der Waals surface area contributed by atoms with Crippen LogP contribution in [0.15, 0.2) is 47.8 Å². The molecule has 30 heavy (non-hydrogen) atoms. The molecule has 3 heterocycles. The van der Waals surface area contributed by atoms with Crippen molar-refractivity contribution in [1.82, 2.24) is 14.5 Å². The molecule has 0 saturated carbocycles. The minimum absolute atomic E-state index is 0.149. The maximum absolute atomic E-state index is 13.0. The summed E-state index contributed by atoms with van der Waals surface area (Å²) in [5.41, 5.74) is 5.51. The van der Waals surface area contributed by atoms with Crippen molar-refractivity contribution < 1.29 is 4.79 Å². The van der Waals surface area contributed by atoms with Gasteiger partial charge < -0.3 is 4.57 Å². The highest BCUT2D eigenvalue weighted by Gasteiger charge is 2.18. The molecule has 0 aliphatic rings. The van der Waals surface area contributed by atoms with Crippen molar-refractivity contribution in [2.45, 2.75) is 45.7 Å². The molecule has 154 valence electrons. The van der Waals surface area contributed by atoms with Crippen LogP contribution in [0.25, 0.3) is 10.2 Å². The summed E-state index contributed by atoms with van der Waals surface area (Å²) in [6.45, 7) is 9.20. The highest BCUT2D eigenvalue weighted by Crippen LogP contribution is 2.34. The zero-order valence-corrected chi connectivity index (χ0v) is 19.4. The second-order valence-electron chi connectivity index (χ2n) is 7.53. The minimum atomic E-state index is 0.149. The van der Waals surface area contributed by atoms with Gasteiger partial charge in [0, 0.05) is 33.8 Å². The molecule has 0 saturated heterocycles. The number of fused-ring (bicyclic) bond motifs is 1. The van der Waals surface area contributed by atoms with Gasteiger partial charge in [-0.15, -0.1) is 11.3 Å². The lowest BCUT2D eigenvalue weighted by Crippen LogP contribution is -2.08. The molecule has 1 aromatic carbocycles. The highest BCUT2D eigenvalue weighted by atomic mass is 32.2. The Labute approximate surface area is 185 Å². The molecule has 0 aliphatic heterocycles. The standard InChI is InChI=1S/C24H25N3OS2/c1-15-12-20(17(3)27(15)11-10-19-8-6-5-7-9-19)21(28)13-29-23-22-16(2)18(4)30-24(22)26-14-25-23/h5-9,12,14H,10-11,13H2,1-4H3. The van der Waals surface area contributed by atoms with Gasteiger partial charge in [-0.25, -0.2) is 9.97 Å². The summed E-state index contributed by atoms with van der Waals surface area (Å²) in [6.07, 6.45) is 2.55. The lowest BCUT2D eigenvalue weighted by atomic mass is 10.1. The van der Waals surface area contributed by atoms with Gasteiger partial charge in [-0.2, -0.15) is 0 Å². The van der Waals surface area contributed by atoms with Crippen molar-refractivity contribution in [2.75, 3.05) is 5.75 Å². The van der Waals surface area contributed by atoms with Crippen LogP contribution in [-0.4, -0.2) is 26.1 Å². The number of thiophene rings is 1. The second kappa shape index (κ2) is 8.74. The molecule has 0 amide bonds. The van der Waals surface area contributed by atoms with E-state index in [1.165, 1.54) is 27.8 Å². The number of carbonyl (C=O) groups is 1. The SMILES string of the molecule is Cc1sc2ncnc(SCC(=O)c3cc(C)n(CCc4ccccc4)c3C)c2c1C. The van der Waals surface area contributed by atoms with Crippen LogP contribution in [0.2, 0.25) is 0 Å². The van der Waals surface area contributed by atoms with Crippen molar-refractivity contribution in [3.63, 3.8) is 0 Å². The molecule has 0 aliphatic carbocycles. The van der Waals surface area contributed by atoms with Crippen molar-refractivity contribution in [2.24, 2.45) is 0 Å². The first-order valence-electron chi connectivity index (χ1n) is 10.0. The van der Waals surface area contributed by atoms with E-state index in [-0.39, 0.29) is 5.78 Å². The molecule has 0 N–H and O–H groups in total. The predicted octanol–water partition coefficient (Wildman–Crippen LogP) is 5.94. The Morgan fingerprint density at radius 2 is 1.87 bits per heavy atom. The molecule has 0 spiro atoms. The number of hydrogen-bond acceptors (Lipinski definition) is 5. The van der Waals surface area contributed by atoms with Crippen LogP contribution >= 0.6 is 23.1 Å². The molecular weight excluding hydrogens is 410 g/mol. The van der Waals surface area contributed by atoms with Gasteiger partial charge in [0.05, 0.1) is 5.75 Å². The van der Waals surface area contributed by atoms with Gasteiger partial charge in [-0.1, -0.05) is 42.1 Å². The summed E-state index contributed by atoms with van der Waals surface area (Å²) in [5, 5.41) is 1.99. The monoisotopic (exact) mass is 435 g/mol. The van der Waals surface area contributed by atoms with Crippen LogP contribution in [0, 0.1) is 27.7 Å². The summed E-state index contributed by atoms with van der Waals surface area (Å²) in [6, 6.07) is 12.5. The van der Waals surface area contributed by atoms with Crippen molar-refractivity contribution >= 4 is 39.1 Å². The molecule has 4 nitrogen and oxygen atoms in total. The number of aromatic nitrogens is 3. The molecule has 3 aromatic heterocycles. The Balaban J connectivity index is 1.49. The number of ketones is 1. The first-order chi connectivity index (χ1) is 14.5. The number of hydrogen-bond donors (Lipinski definition) is 0. The number of nitrogens with zero attached hydrogens (tertiary/aromatic N) is 3. The lowest BCUT2D eigenvalue weighted by molar-refractivity contribution is 0.102. The smallest absolute Gasteiger partial charge is 0.174 e. The van der Waals surface area contributed by atoms with E-state index in [0.717, 1.165) is 45.2 Å². The van der Waals surface area contributed by atoms with Gasteiger partial charge in [0.25, 0.3) is 0 Å². The third-order valence-electron chi connectivity index (χ3n) is 5.61. The van der Waals surface area contributed by atoms with Gasteiger partial charge >= 0.3 is 0 Å². The molecule has 0 bridgehead atoms. The van der Waals surface area contributed by atoms with Gasteiger partial charge in [0.2, 0.25) is 0 Å². The first-order valence-corrected chi connectivity index (χ1v) is 11.8. The van der Waals surface area contributed by atoms with E-state index in [2.05, 4.69) is 59.6 Å². The molecular formula is C24H25N3OS2. The van der Waals surface area contributed by atoms with Crippen LogP contribution in [-0.2, 0) is 13.0 Å². The Morgan fingerprint density at radius 1 is 1.10 bits per heavy atom. The molecule has 6 heteroatoms. The summed E-state index contributed by atoms with van der Waals surface area (Å²) in [4.78, 5) is 24.1. The van der Waals surface area contributed by atoms with Gasteiger partial charge in [0.1, 0.15) is 16.2 Å². The Bertz CT molecular complexity index is 1210. The highest BCUT2D eigenvalue weighted by molar-refractivity contribution is 8.00. The van der Waals surface area contributed by atoms with Gasteiger partial charge in [-0.3, -0.25) is 4.79 Å². The fraction of sp³-hybridized carbons (Fsp3) is 0.292. The number of aryl methyl sites for hydroxylation is 4. The third-order valence-corrected chi connectivity index (χ3v) is 7.72. The molecule has 4 rings (SSSR count). The quantitative estimate of drug-likeness (QED) is 0.205. The Hall–Kier alpha value is -2.44. The van der Waals surface area contributed by atoms with Crippen LogP contribution in [0.3, 0.4) is 0 Å². The normalized spacial score (nSPS) is 11.3. The number of benzene rings is 1. The maximum atomic E-state index is 13.0. The Morgan fingerprint density at radius 3 is 2.63 bits per heavy atom. The van der Waals surface area contributed by atoms with Gasteiger partial charge in [-0.05, 0) is 51.3 Å². The van der Waals surface area contributed by atoms with E-state index in [1.54, 1.807) is 17.7 Å². The average Bonchev–Trinajstić information content (AvgIpc) is 3.20. The summed E-state index contributed by atoms with van der Waals surface area (Å²) >= 11 is 3.19. The zero-order chi connectivity index (χ0) is 21.3. The fourth-order valence-electron chi connectivity index (χ4n) is 3.78. The molecule has 0 atom stereocenters. The van der Waals surface area contributed by atoms with Crippen LogP contribution in [0.4, 0.5) is 0 Å². The number of carbonyl (C=O) groups excluding carboxylic acids is 1. The third kappa shape index (κ3) is 4.07. The van der Waals surface area contributed by atoms with Crippen LogP contribution in [0.1, 0.15) is 37.7 Å². The molecule has 0 fully saturated rings. The van der Waals surface area contributed by atoms with Gasteiger partial charge in [0.15, 0.2) is 5.78 Å². The zero-order valence-electron chi connectivity index (χ0n) is 17.7. The van der Waals surface area contributed by atoms with Crippen LogP contribution < -0.4 is 0 Å². The fourth-order valence-corrected chi connectivity index (χ4v) is 5.78. The topological polar surface area (TPSA) is 47.8 Å². The minimum Gasteiger partial charge on any atom is -0.348 e. The van der Waals surface area contributed by atoms with E-state index in [0.29, 0.717) is 5.75 Å². The maximum Gasteiger partial charge on any atom is 0.174 e. The molecule has 4 aromatic rings. The Kier molecular flexibility index (Phi) is 6.06. The first kappa shape index (κ1) is 20.8. The van der Waals surface area contributed by atoms with Crippen molar-refractivity contribution in [3.8, 4) is 0 Å². The molecule has 0 unspecified atom stereocenters. The molecule has 0 radical (unpaired) electrons. The average molecular weight is 436 g/mol. The van der Waals surface area contributed by atoms with E-state index < -0.39 is 0 Å². The van der Waals surface area contributed by atoms with E-state index >= 15 is 0 Å². The van der Waals surface area contributed by atoms with Crippen LogP contribution in [0.5, 0.6) is 0 Å². The number of rotatable bonds is 7. The van der Waals surface area contributed by atoms with E-state index in [9.17, 15) is 4.79 Å². The summed E-state index contributed by atoms with van der Waals surface area (Å²) in [5.74, 6) is 0.527. The number of thioether (sulfide) groups is 1. The lowest BCUT2D eigenvalue weighted by Gasteiger charge is -2.10. The second-order valence-corrected chi connectivity index (χ2v) is 9.69. The summed E-state index contributed by atoms with van der Waals surface area (Å²) < 4.78 is 2.25. The predicted molar refractivity (Wildman–Crippen MR) is 126 cm³/mol. The number of Topliss-reactive ketones (excluding diaryl/α,β-unsaturated/α-hetero) is 1. The van der Waals surface area contributed by atoms with Crippen molar-refractivity contribution in [1.29, 1.82) is 0 Å². The van der Waals surface area contributed by atoms with E-state index in [4.69, 9.17) is 0 Å². The summed E-state index contributed by atoms with van der Waals surface area (Å²) in [7, 11) is 0. The van der Waals surface area contributed by atoms with Crippen molar-refractivity contribution in [3.05, 3.63) is 75.7 Å². The largest absolute Gasteiger partial charge is 0.348 e. The van der Waals surface area contributed by atoms with E-state index in [1.807, 2.05) is 19.1 Å².